The fourth-order valence-electron chi connectivity index (χ4n) is 4.10. The van der Waals surface area contributed by atoms with Crippen molar-refractivity contribution in [3.05, 3.63) is 59.9 Å². The molecule has 3 heterocycles. The van der Waals surface area contributed by atoms with Crippen LogP contribution in [0.25, 0.3) is 0 Å². The first-order chi connectivity index (χ1) is 13.8. The Kier molecular flexibility index (Phi) is 6.19. The highest BCUT2D eigenvalue weighted by atomic mass is 16.5. The number of rotatable bonds is 6. The van der Waals surface area contributed by atoms with Crippen LogP contribution in [0, 0.1) is 0 Å². The number of nitrogens with zero attached hydrogens (tertiary/aromatic N) is 3. The molecule has 1 atom stereocenters. The van der Waals surface area contributed by atoms with E-state index in [9.17, 15) is 4.79 Å². The lowest BCUT2D eigenvalue weighted by Crippen LogP contribution is -2.44. The molecule has 148 valence electrons. The lowest BCUT2D eigenvalue weighted by molar-refractivity contribution is 0.0161. The van der Waals surface area contributed by atoms with Gasteiger partial charge < -0.3 is 15.0 Å². The molecule has 0 radical (unpaired) electrons. The number of carbonyl (C=O) groups excluding carboxylic acids is 1. The molecule has 1 N–H and O–H groups in total. The van der Waals surface area contributed by atoms with Gasteiger partial charge in [0, 0.05) is 50.8 Å². The minimum atomic E-state index is -0.00958. The van der Waals surface area contributed by atoms with Crippen LogP contribution in [0.1, 0.15) is 34.8 Å². The molecule has 2 saturated heterocycles. The number of amides is 1. The number of morpholine rings is 1. The highest BCUT2D eigenvalue weighted by Crippen LogP contribution is 2.25. The second kappa shape index (κ2) is 9.17. The number of para-hydroxylation sites is 1. The number of aromatic nitrogens is 1. The van der Waals surface area contributed by atoms with Crippen molar-refractivity contribution in [2.75, 3.05) is 50.8 Å². The molecule has 1 aromatic heterocycles. The van der Waals surface area contributed by atoms with Crippen molar-refractivity contribution < 1.29 is 9.53 Å². The molecule has 28 heavy (non-hydrogen) atoms. The maximum absolute atomic E-state index is 13.0. The van der Waals surface area contributed by atoms with Gasteiger partial charge in [0.2, 0.25) is 0 Å². The molecule has 6 nitrogen and oxygen atoms in total. The zero-order valence-electron chi connectivity index (χ0n) is 16.2. The van der Waals surface area contributed by atoms with Crippen molar-refractivity contribution in [3.8, 4) is 0 Å². The molecule has 2 fully saturated rings. The van der Waals surface area contributed by atoms with Gasteiger partial charge in [0.25, 0.3) is 5.91 Å². The average molecular weight is 380 g/mol. The van der Waals surface area contributed by atoms with E-state index in [-0.39, 0.29) is 11.9 Å². The van der Waals surface area contributed by atoms with Crippen LogP contribution in [0.3, 0.4) is 0 Å². The number of carbonyl (C=O) groups is 1. The van der Waals surface area contributed by atoms with Gasteiger partial charge in [-0.1, -0.05) is 18.2 Å². The van der Waals surface area contributed by atoms with Gasteiger partial charge in [0.1, 0.15) is 0 Å². The molecule has 0 aliphatic carbocycles. The Morgan fingerprint density at radius 2 is 1.86 bits per heavy atom. The second-order valence-corrected chi connectivity index (χ2v) is 7.37. The Morgan fingerprint density at radius 3 is 2.61 bits per heavy atom. The maximum atomic E-state index is 13.0. The van der Waals surface area contributed by atoms with E-state index in [2.05, 4.69) is 32.2 Å². The molecule has 4 rings (SSSR count). The monoisotopic (exact) mass is 380 g/mol. The topological polar surface area (TPSA) is 57.7 Å². The number of benzene rings is 1. The number of ether oxygens (including phenoxy) is 1. The summed E-state index contributed by atoms with van der Waals surface area (Å²) in [4.78, 5) is 22.0. The second-order valence-electron chi connectivity index (χ2n) is 7.37. The van der Waals surface area contributed by atoms with Crippen LogP contribution >= 0.6 is 0 Å². The zero-order valence-corrected chi connectivity index (χ0v) is 16.2. The van der Waals surface area contributed by atoms with Crippen molar-refractivity contribution in [3.63, 3.8) is 0 Å². The highest BCUT2D eigenvalue weighted by Gasteiger charge is 2.25. The van der Waals surface area contributed by atoms with Crippen LogP contribution in [0.2, 0.25) is 0 Å². The maximum Gasteiger partial charge on any atom is 0.253 e. The molecule has 0 spiro atoms. The van der Waals surface area contributed by atoms with Gasteiger partial charge in [-0.15, -0.1) is 0 Å². The van der Waals surface area contributed by atoms with Crippen molar-refractivity contribution in [1.29, 1.82) is 0 Å². The third-order valence-corrected chi connectivity index (χ3v) is 5.61. The van der Waals surface area contributed by atoms with E-state index >= 15 is 0 Å². The first-order valence-electron chi connectivity index (χ1n) is 10.2. The van der Waals surface area contributed by atoms with Gasteiger partial charge in [-0.25, -0.2) is 0 Å². The van der Waals surface area contributed by atoms with Gasteiger partial charge in [0.05, 0.1) is 24.8 Å². The predicted octanol–water partition coefficient (Wildman–Crippen LogP) is 2.49. The van der Waals surface area contributed by atoms with E-state index in [1.807, 2.05) is 30.5 Å². The van der Waals surface area contributed by atoms with Crippen LogP contribution < -0.4 is 10.2 Å². The number of anilines is 1. The van der Waals surface area contributed by atoms with Crippen molar-refractivity contribution in [1.82, 2.24) is 15.2 Å². The Labute approximate surface area is 166 Å². The Balaban J connectivity index is 1.49. The first kappa shape index (κ1) is 18.9. The van der Waals surface area contributed by atoms with Crippen molar-refractivity contribution >= 4 is 11.6 Å². The summed E-state index contributed by atoms with van der Waals surface area (Å²) in [7, 11) is 0. The highest BCUT2D eigenvalue weighted by molar-refractivity contribution is 5.99. The van der Waals surface area contributed by atoms with Crippen LogP contribution in [0.5, 0.6) is 0 Å². The van der Waals surface area contributed by atoms with Gasteiger partial charge in [0.15, 0.2) is 0 Å². The summed E-state index contributed by atoms with van der Waals surface area (Å²) in [5.74, 6) is -0.00958. The zero-order chi connectivity index (χ0) is 19.2. The minimum Gasteiger partial charge on any atom is -0.379 e. The first-order valence-corrected chi connectivity index (χ1v) is 10.2. The summed E-state index contributed by atoms with van der Waals surface area (Å²) in [6, 6.07) is 12.1. The van der Waals surface area contributed by atoms with Crippen LogP contribution in [0.15, 0.2) is 48.8 Å². The Bertz CT molecular complexity index is 771. The third kappa shape index (κ3) is 4.34. The van der Waals surface area contributed by atoms with E-state index in [4.69, 9.17) is 4.74 Å². The van der Waals surface area contributed by atoms with Crippen LogP contribution in [-0.2, 0) is 4.74 Å². The van der Waals surface area contributed by atoms with Crippen LogP contribution in [-0.4, -0.2) is 61.7 Å². The molecule has 0 bridgehead atoms. The standard InChI is InChI=1S/C22H28N4O2/c27-22(19-7-1-2-8-20(19)25-10-3-4-11-25)24-17-21(18-6-5-9-23-16-18)26-12-14-28-15-13-26/h1-2,5-9,16,21H,3-4,10-15,17H2,(H,24,27). The number of nitrogens with one attached hydrogen (secondary N) is 1. The fraction of sp³-hybridized carbons (Fsp3) is 0.455. The normalized spacial score (nSPS) is 18.8. The van der Waals surface area contributed by atoms with E-state index < -0.39 is 0 Å². The van der Waals surface area contributed by atoms with E-state index in [1.165, 1.54) is 12.8 Å². The molecule has 1 aromatic carbocycles. The molecule has 1 unspecified atom stereocenters. The van der Waals surface area contributed by atoms with Gasteiger partial charge in [-0.3, -0.25) is 14.7 Å². The summed E-state index contributed by atoms with van der Waals surface area (Å²) >= 11 is 0. The summed E-state index contributed by atoms with van der Waals surface area (Å²) in [5.41, 5.74) is 2.93. The smallest absolute Gasteiger partial charge is 0.253 e. The Hall–Kier alpha value is -2.44. The summed E-state index contributed by atoms with van der Waals surface area (Å²) in [6.07, 6.45) is 6.06. The quantitative estimate of drug-likeness (QED) is 0.834. The van der Waals surface area contributed by atoms with Crippen molar-refractivity contribution in [2.24, 2.45) is 0 Å². The molecular formula is C22H28N4O2. The number of hydrogen-bond acceptors (Lipinski definition) is 5. The van der Waals surface area contributed by atoms with E-state index in [0.717, 1.165) is 56.2 Å². The fourth-order valence-corrected chi connectivity index (χ4v) is 4.10. The average Bonchev–Trinajstić information content (AvgIpc) is 3.30. The third-order valence-electron chi connectivity index (χ3n) is 5.61. The molecular weight excluding hydrogens is 352 g/mol. The largest absolute Gasteiger partial charge is 0.379 e. The van der Waals surface area contributed by atoms with Crippen molar-refractivity contribution in [2.45, 2.75) is 18.9 Å². The minimum absolute atomic E-state index is 0.00958. The summed E-state index contributed by atoms with van der Waals surface area (Å²) in [6.45, 7) is 5.77. The summed E-state index contributed by atoms with van der Waals surface area (Å²) < 4.78 is 5.50. The molecule has 0 saturated carbocycles. The van der Waals surface area contributed by atoms with Gasteiger partial charge in [-0.05, 0) is 36.6 Å². The molecule has 2 aliphatic heterocycles. The number of pyridine rings is 1. The SMILES string of the molecule is O=C(NCC(c1cccnc1)N1CCOCC1)c1ccccc1N1CCCC1. The number of hydrogen-bond donors (Lipinski definition) is 1. The lowest BCUT2D eigenvalue weighted by atomic mass is 10.1. The molecule has 1 amide bonds. The Morgan fingerprint density at radius 1 is 1.07 bits per heavy atom. The summed E-state index contributed by atoms with van der Waals surface area (Å²) in [5, 5.41) is 3.18. The predicted molar refractivity (Wildman–Crippen MR) is 110 cm³/mol. The van der Waals surface area contributed by atoms with E-state index in [0.29, 0.717) is 6.54 Å². The van der Waals surface area contributed by atoms with E-state index in [1.54, 1.807) is 6.20 Å². The van der Waals surface area contributed by atoms with Gasteiger partial charge in [-0.2, -0.15) is 0 Å². The molecule has 2 aliphatic rings. The molecule has 6 heteroatoms. The lowest BCUT2D eigenvalue weighted by Gasteiger charge is -2.34. The molecule has 2 aromatic rings. The van der Waals surface area contributed by atoms with Crippen LogP contribution in [0.4, 0.5) is 5.69 Å². The van der Waals surface area contributed by atoms with Gasteiger partial charge >= 0.3 is 0 Å².